The Morgan fingerprint density at radius 1 is 0.923 bits per heavy atom. The van der Waals surface area contributed by atoms with Crippen molar-refractivity contribution in [3.05, 3.63) is 64.7 Å². The number of nitrogens with zero attached hydrogens (tertiary/aromatic N) is 2. The number of carbonyl (C=O) groups excluding carboxylic acids is 1. The molecule has 0 spiro atoms. The maximum atomic E-state index is 13.0. The molecule has 0 bridgehead atoms. The maximum absolute atomic E-state index is 13.0. The molecule has 134 valence electrons. The zero-order valence-electron chi connectivity index (χ0n) is 12.7. The fourth-order valence-corrected chi connectivity index (χ4v) is 2.79. The van der Waals surface area contributed by atoms with E-state index in [0.29, 0.717) is 17.0 Å². The van der Waals surface area contributed by atoms with Crippen molar-refractivity contribution in [2.75, 3.05) is 4.90 Å². The zero-order chi connectivity index (χ0) is 19.3. The average Bonchev–Trinajstić information content (AvgIpc) is 2.85. The van der Waals surface area contributed by atoms with Gasteiger partial charge >= 0.3 is 12.4 Å². The second-order valence-corrected chi connectivity index (χ2v) is 5.56. The molecule has 1 unspecified atom stereocenters. The molecule has 0 saturated carbocycles. The van der Waals surface area contributed by atoms with Gasteiger partial charge < -0.3 is 0 Å². The van der Waals surface area contributed by atoms with Gasteiger partial charge in [0, 0.05) is 16.8 Å². The van der Waals surface area contributed by atoms with Crippen LogP contribution in [-0.4, -0.2) is 5.91 Å². The van der Waals surface area contributed by atoms with Crippen molar-refractivity contribution in [3.63, 3.8) is 0 Å². The highest BCUT2D eigenvalue weighted by atomic mass is 19.4. The van der Waals surface area contributed by atoms with Gasteiger partial charge in [0.1, 0.15) is 0 Å². The van der Waals surface area contributed by atoms with Crippen LogP contribution < -0.4 is 4.90 Å². The van der Waals surface area contributed by atoms with Crippen molar-refractivity contribution in [3.8, 4) is 6.07 Å². The Balaban J connectivity index is 2.21. The van der Waals surface area contributed by atoms with Gasteiger partial charge in [-0.3, -0.25) is 9.69 Å². The minimum atomic E-state index is -5.05. The van der Waals surface area contributed by atoms with E-state index in [9.17, 15) is 36.4 Å². The first-order valence-electron chi connectivity index (χ1n) is 7.15. The summed E-state index contributed by atoms with van der Waals surface area (Å²) in [5.74, 6) is -0.834. The number of carbonyl (C=O) groups is 1. The van der Waals surface area contributed by atoms with E-state index in [-0.39, 0.29) is 17.2 Å². The Labute approximate surface area is 143 Å². The quantitative estimate of drug-likeness (QED) is 0.667. The van der Waals surface area contributed by atoms with Crippen molar-refractivity contribution in [1.82, 2.24) is 0 Å². The summed E-state index contributed by atoms with van der Waals surface area (Å²) in [6.07, 6.45) is -10.1. The largest absolute Gasteiger partial charge is 0.416 e. The molecular weight excluding hydrogens is 362 g/mol. The number of fused-ring (bicyclic) bond motifs is 1. The summed E-state index contributed by atoms with van der Waals surface area (Å²) in [6.45, 7) is 0. The van der Waals surface area contributed by atoms with Crippen LogP contribution in [0.5, 0.6) is 0 Å². The molecule has 0 aliphatic carbocycles. The van der Waals surface area contributed by atoms with Crippen molar-refractivity contribution < 1.29 is 31.1 Å². The van der Waals surface area contributed by atoms with Crippen LogP contribution in [0.25, 0.3) is 0 Å². The topological polar surface area (TPSA) is 44.1 Å². The molecule has 0 radical (unpaired) electrons. The second-order valence-electron chi connectivity index (χ2n) is 5.56. The van der Waals surface area contributed by atoms with Gasteiger partial charge in [-0.2, -0.15) is 31.6 Å². The number of anilines is 1. The third kappa shape index (κ3) is 2.87. The summed E-state index contributed by atoms with van der Waals surface area (Å²) in [6, 6.07) is 7.08. The molecule has 1 atom stereocenters. The van der Waals surface area contributed by atoms with Crippen molar-refractivity contribution >= 4 is 11.6 Å². The van der Waals surface area contributed by atoms with E-state index in [4.69, 9.17) is 0 Å². The number of hydrogen-bond acceptors (Lipinski definition) is 2. The Hall–Kier alpha value is -3.02. The SMILES string of the molecule is N#CC1c2ccccc2C(=O)N1c1cc(C(F)(F)F)cc(C(F)(F)F)c1. The summed E-state index contributed by atoms with van der Waals surface area (Å²) in [4.78, 5) is 13.1. The molecule has 3 nitrogen and oxygen atoms in total. The molecular formula is C17H8F6N2O. The minimum Gasteiger partial charge on any atom is -0.288 e. The molecule has 0 N–H and O–H groups in total. The Bertz CT molecular complexity index is 894. The summed E-state index contributed by atoms with van der Waals surface area (Å²) >= 11 is 0. The number of benzene rings is 2. The highest BCUT2D eigenvalue weighted by Gasteiger charge is 2.42. The molecule has 3 rings (SSSR count). The zero-order valence-corrected chi connectivity index (χ0v) is 12.7. The monoisotopic (exact) mass is 370 g/mol. The van der Waals surface area contributed by atoms with Crippen LogP contribution >= 0.6 is 0 Å². The number of nitriles is 1. The first-order chi connectivity index (χ1) is 12.0. The lowest BCUT2D eigenvalue weighted by atomic mass is 10.0. The van der Waals surface area contributed by atoms with E-state index in [1.807, 2.05) is 0 Å². The molecule has 0 aromatic heterocycles. The first kappa shape index (κ1) is 17.8. The van der Waals surface area contributed by atoms with Crippen LogP contribution in [0.3, 0.4) is 0 Å². The van der Waals surface area contributed by atoms with E-state index in [2.05, 4.69) is 0 Å². The molecule has 1 amide bonds. The fourth-order valence-electron chi connectivity index (χ4n) is 2.79. The summed E-state index contributed by atoms with van der Waals surface area (Å²) in [5, 5.41) is 9.33. The Morgan fingerprint density at radius 3 is 1.96 bits per heavy atom. The Morgan fingerprint density at radius 2 is 1.46 bits per heavy atom. The van der Waals surface area contributed by atoms with Gasteiger partial charge in [-0.05, 0) is 24.3 Å². The number of halogens is 6. The number of alkyl halides is 6. The van der Waals surface area contributed by atoms with Gasteiger partial charge in [-0.25, -0.2) is 0 Å². The minimum absolute atomic E-state index is 0.0292. The van der Waals surface area contributed by atoms with E-state index < -0.39 is 41.1 Å². The van der Waals surface area contributed by atoms with Gasteiger partial charge in [0.05, 0.1) is 17.2 Å². The highest BCUT2D eigenvalue weighted by Crippen LogP contribution is 2.42. The van der Waals surface area contributed by atoms with Crippen molar-refractivity contribution in [2.45, 2.75) is 18.4 Å². The molecule has 26 heavy (non-hydrogen) atoms. The Kier molecular flexibility index (Phi) is 3.94. The van der Waals surface area contributed by atoms with E-state index in [1.54, 1.807) is 6.07 Å². The molecule has 9 heteroatoms. The van der Waals surface area contributed by atoms with Crippen LogP contribution in [0.15, 0.2) is 42.5 Å². The van der Waals surface area contributed by atoms with Crippen LogP contribution in [0.4, 0.5) is 32.0 Å². The fraction of sp³-hybridized carbons (Fsp3) is 0.176. The molecule has 1 aliphatic rings. The average molecular weight is 370 g/mol. The smallest absolute Gasteiger partial charge is 0.288 e. The molecule has 0 saturated heterocycles. The first-order valence-corrected chi connectivity index (χ1v) is 7.15. The number of rotatable bonds is 1. The van der Waals surface area contributed by atoms with Gasteiger partial charge in [0.2, 0.25) is 0 Å². The second kappa shape index (κ2) is 5.76. The lowest BCUT2D eigenvalue weighted by molar-refractivity contribution is -0.143. The standard InChI is InChI=1S/C17H8F6N2O/c18-16(19,20)9-5-10(17(21,22)23)7-11(6-9)25-14(8-24)12-3-1-2-4-13(12)15(25)26/h1-7,14H. The molecule has 2 aromatic rings. The molecule has 1 heterocycles. The number of amides is 1. The van der Waals surface area contributed by atoms with E-state index >= 15 is 0 Å². The molecule has 0 fully saturated rings. The predicted molar refractivity (Wildman–Crippen MR) is 78.1 cm³/mol. The lowest BCUT2D eigenvalue weighted by Crippen LogP contribution is -2.28. The van der Waals surface area contributed by atoms with E-state index in [1.165, 1.54) is 24.3 Å². The summed E-state index contributed by atoms with van der Waals surface area (Å²) < 4.78 is 78.2. The van der Waals surface area contributed by atoms with Crippen molar-refractivity contribution in [2.24, 2.45) is 0 Å². The molecule has 1 aliphatic heterocycles. The summed E-state index contributed by atoms with van der Waals surface area (Å²) in [7, 11) is 0. The third-order valence-electron chi connectivity index (χ3n) is 3.94. The lowest BCUT2D eigenvalue weighted by Gasteiger charge is -2.23. The summed E-state index contributed by atoms with van der Waals surface area (Å²) in [5.41, 5.74) is -3.46. The van der Waals surface area contributed by atoms with Crippen LogP contribution in [0.1, 0.15) is 33.1 Å². The van der Waals surface area contributed by atoms with Crippen LogP contribution in [0.2, 0.25) is 0 Å². The van der Waals surface area contributed by atoms with Gasteiger partial charge in [0.15, 0.2) is 6.04 Å². The van der Waals surface area contributed by atoms with Gasteiger partial charge in [0.25, 0.3) is 5.91 Å². The normalized spacial score (nSPS) is 17.2. The number of hydrogen-bond donors (Lipinski definition) is 0. The van der Waals surface area contributed by atoms with Crippen molar-refractivity contribution in [1.29, 1.82) is 5.26 Å². The van der Waals surface area contributed by atoms with E-state index in [0.717, 1.165) is 0 Å². The van der Waals surface area contributed by atoms with Crippen LogP contribution in [0, 0.1) is 11.3 Å². The predicted octanol–water partition coefficient (Wildman–Crippen LogP) is 4.95. The highest BCUT2D eigenvalue weighted by molar-refractivity contribution is 6.11. The molecule has 2 aromatic carbocycles. The third-order valence-corrected chi connectivity index (χ3v) is 3.94. The van der Waals surface area contributed by atoms with Gasteiger partial charge in [-0.1, -0.05) is 18.2 Å². The van der Waals surface area contributed by atoms with Gasteiger partial charge in [-0.15, -0.1) is 0 Å². The maximum Gasteiger partial charge on any atom is 0.416 e. The van der Waals surface area contributed by atoms with Crippen LogP contribution in [-0.2, 0) is 12.4 Å².